The van der Waals surface area contributed by atoms with Gasteiger partial charge in [0.25, 0.3) is 0 Å². The lowest BCUT2D eigenvalue weighted by molar-refractivity contribution is 0.0815. The molecule has 82 valence electrons. The highest BCUT2D eigenvalue weighted by Gasteiger charge is 2.20. The van der Waals surface area contributed by atoms with Gasteiger partial charge in [0.05, 0.1) is 6.10 Å². The van der Waals surface area contributed by atoms with E-state index in [2.05, 4.69) is 17.3 Å². The molecule has 1 N–H and O–H groups in total. The first kappa shape index (κ1) is 10.4. The van der Waals surface area contributed by atoms with E-state index in [0.717, 1.165) is 32.3 Å². The van der Waals surface area contributed by atoms with Gasteiger partial charge in [-0.05, 0) is 32.7 Å². The maximum absolute atomic E-state index is 5.60. The summed E-state index contributed by atoms with van der Waals surface area (Å²) >= 11 is 0. The van der Waals surface area contributed by atoms with Crippen molar-refractivity contribution in [3.8, 4) is 0 Å². The number of nitrogens with zero attached hydrogens (tertiary/aromatic N) is 1. The number of hydrogen-bond donors (Lipinski definition) is 1. The van der Waals surface area contributed by atoms with E-state index < -0.39 is 0 Å². The normalized spacial score (nSPS) is 27.4. The molecule has 14 heavy (non-hydrogen) atoms. The van der Waals surface area contributed by atoms with E-state index in [0.29, 0.717) is 6.10 Å². The fraction of sp³-hybridized carbons (Fsp3) is 1.00. The van der Waals surface area contributed by atoms with E-state index in [1.54, 1.807) is 0 Å². The zero-order valence-electron chi connectivity index (χ0n) is 9.17. The summed E-state index contributed by atoms with van der Waals surface area (Å²) in [7, 11) is 2.19. The predicted molar refractivity (Wildman–Crippen MR) is 57.5 cm³/mol. The Hall–Kier alpha value is -0.120. The second-order valence-corrected chi connectivity index (χ2v) is 4.63. The maximum Gasteiger partial charge on any atom is 0.0702 e. The largest absolute Gasteiger partial charge is 0.377 e. The van der Waals surface area contributed by atoms with Crippen LogP contribution in [-0.2, 0) is 4.74 Å². The van der Waals surface area contributed by atoms with Crippen LogP contribution in [0.15, 0.2) is 0 Å². The highest BCUT2D eigenvalue weighted by atomic mass is 16.5. The quantitative estimate of drug-likeness (QED) is 0.685. The van der Waals surface area contributed by atoms with Gasteiger partial charge in [-0.15, -0.1) is 0 Å². The molecule has 1 aliphatic carbocycles. The van der Waals surface area contributed by atoms with Crippen LogP contribution in [0.4, 0.5) is 0 Å². The first-order valence-electron chi connectivity index (χ1n) is 5.88. The smallest absolute Gasteiger partial charge is 0.0702 e. The number of hydrogen-bond acceptors (Lipinski definition) is 3. The summed E-state index contributed by atoms with van der Waals surface area (Å²) < 4.78 is 5.60. The third-order valence-electron chi connectivity index (χ3n) is 3.04. The summed E-state index contributed by atoms with van der Waals surface area (Å²) in [6.45, 7) is 4.36. The van der Waals surface area contributed by atoms with Crippen molar-refractivity contribution in [2.24, 2.45) is 0 Å². The van der Waals surface area contributed by atoms with Gasteiger partial charge in [0.1, 0.15) is 0 Å². The third kappa shape index (κ3) is 3.56. The van der Waals surface area contributed by atoms with Crippen molar-refractivity contribution >= 4 is 0 Å². The fourth-order valence-corrected chi connectivity index (χ4v) is 1.97. The molecule has 0 amide bonds. The number of ether oxygens (including phenoxy) is 1. The number of likely N-dealkylation sites (N-methyl/N-ethyl adjacent to an activating group) is 1. The topological polar surface area (TPSA) is 24.5 Å². The monoisotopic (exact) mass is 198 g/mol. The second-order valence-electron chi connectivity index (χ2n) is 4.63. The van der Waals surface area contributed by atoms with Gasteiger partial charge in [-0.3, -0.25) is 0 Å². The molecule has 0 unspecified atom stereocenters. The summed E-state index contributed by atoms with van der Waals surface area (Å²) in [6.07, 6.45) is 5.77. The van der Waals surface area contributed by atoms with Crippen LogP contribution < -0.4 is 5.32 Å². The van der Waals surface area contributed by atoms with Crippen LogP contribution in [0, 0.1) is 0 Å². The molecule has 0 aromatic carbocycles. The molecule has 2 fully saturated rings. The van der Waals surface area contributed by atoms with Gasteiger partial charge < -0.3 is 15.0 Å². The molecule has 0 spiro atoms. The van der Waals surface area contributed by atoms with Crippen molar-refractivity contribution < 1.29 is 4.74 Å². The van der Waals surface area contributed by atoms with Crippen LogP contribution in [0.25, 0.3) is 0 Å². The Morgan fingerprint density at radius 1 is 1.36 bits per heavy atom. The lowest BCUT2D eigenvalue weighted by Gasteiger charge is -2.20. The average Bonchev–Trinajstić information content (AvgIpc) is 2.83. The van der Waals surface area contributed by atoms with Crippen LogP contribution >= 0.6 is 0 Å². The van der Waals surface area contributed by atoms with Crippen molar-refractivity contribution in [1.29, 1.82) is 0 Å². The molecular weight excluding hydrogens is 176 g/mol. The van der Waals surface area contributed by atoms with Gasteiger partial charge in [-0.1, -0.05) is 0 Å². The lowest BCUT2D eigenvalue weighted by Crippen LogP contribution is -2.35. The molecule has 0 radical (unpaired) electrons. The minimum absolute atomic E-state index is 0.501. The van der Waals surface area contributed by atoms with Gasteiger partial charge in [0.15, 0.2) is 0 Å². The van der Waals surface area contributed by atoms with Crippen molar-refractivity contribution in [2.45, 2.75) is 37.8 Å². The summed E-state index contributed by atoms with van der Waals surface area (Å²) in [6, 6.07) is 0.839. The summed E-state index contributed by atoms with van der Waals surface area (Å²) in [5.41, 5.74) is 0. The Bertz CT molecular complexity index is 165. The van der Waals surface area contributed by atoms with E-state index in [4.69, 9.17) is 4.74 Å². The molecule has 0 aromatic rings. The van der Waals surface area contributed by atoms with Gasteiger partial charge in [-0.25, -0.2) is 0 Å². The Morgan fingerprint density at radius 3 is 2.86 bits per heavy atom. The van der Waals surface area contributed by atoms with Crippen molar-refractivity contribution in [3.63, 3.8) is 0 Å². The summed E-state index contributed by atoms with van der Waals surface area (Å²) in [5, 5.41) is 3.53. The van der Waals surface area contributed by atoms with Gasteiger partial charge in [-0.2, -0.15) is 0 Å². The Labute approximate surface area is 86.8 Å². The SMILES string of the molecule is CN(CCNC1CC1)C[C@H]1CCCO1. The van der Waals surface area contributed by atoms with Gasteiger partial charge in [0, 0.05) is 32.3 Å². The van der Waals surface area contributed by atoms with E-state index in [1.807, 2.05) is 0 Å². The third-order valence-corrected chi connectivity index (χ3v) is 3.04. The first-order valence-corrected chi connectivity index (χ1v) is 5.88. The molecule has 1 aliphatic heterocycles. The maximum atomic E-state index is 5.60. The van der Waals surface area contributed by atoms with Crippen LogP contribution in [0.3, 0.4) is 0 Å². The standard InChI is InChI=1S/C11H22N2O/c1-13(7-6-12-10-4-5-10)9-11-3-2-8-14-11/h10-12H,2-9H2,1H3/t11-/m1/s1. The van der Waals surface area contributed by atoms with Gasteiger partial charge in [0.2, 0.25) is 0 Å². The highest BCUT2D eigenvalue weighted by Crippen LogP contribution is 2.18. The van der Waals surface area contributed by atoms with Crippen LogP contribution in [-0.4, -0.2) is 50.3 Å². The molecule has 3 heteroatoms. The molecule has 1 atom stereocenters. The zero-order chi connectivity index (χ0) is 9.80. The fourth-order valence-electron chi connectivity index (χ4n) is 1.97. The molecular formula is C11H22N2O. The van der Waals surface area contributed by atoms with E-state index in [-0.39, 0.29) is 0 Å². The van der Waals surface area contributed by atoms with Crippen LogP contribution in [0.1, 0.15) is 25.7 Å². The molecule has 0 aromatic heterocycles. The Kier molecular flexibility index (Phi) is 3.79. The minimum Gasteiger partial charge on any atom is -0.377 e. The first-order chi connectivity index (χ1) is 6.84. The number of nitrogens with one attached hydrogen (secondary N) is 1. The summed E-state index contributed by atoms with van der Waals surface area (Å²) in [5.74, 6) is 0. The molecule has 0 bridgehead atoms. The van der Waals surface area contributed by atoms with Crippen molar-refractivity contribution in [3.05, 3.63) is 0 Å². The van der Waals surface area contributed by atoms with Crippen LogP contribution in [0.2, 0.25) is 0 Å². The summed E-state index contributed by atoms with van der Waals surface area (Å²) in [4.78, 5) is 2.38. The van der Waals surface area contributed by atoms with E-state index in [1.165, 1.54) is 25.7 Å². The van der Waals surface area contributed by atoms with Crippen molar-refractivity contribution in [1.82, 2.24) is 10.2 Å². The Balaban J connectivity index is 1.50. The Morgan fingerprint density at radius 2 is 2.21 bits per heavy atom. The molecule has 1 heterocycles. The average molecular weight is 198 g/mol. The molecule has 2 rings (SSSR count). The predicted octanol–water partition coefficient (Wildman–Crippen LogP) is 0.849. The zero-order valence-corrected chi connectivity index (χ0v) is 9.17. The number of rotatable bonds is 6. The van der Waals surface area contributed by atoms with Crippen molar-refractivity contribution in [2.75, 3.05) is 33.3 Å². The van der Waals surface area contributed by atoms with E-state index in [9.17, 15) is 0 Å². The highest BCUT2D eigenvalue weighted by molar-refractivity contribution is 4.81. The minimum atomic E-state index is 0.501. The molecule has 3 nitrogen and oxygen atoms in total. The lowest BCUT2D eigenvalue weighted by atomic mass is 10.2. The van der Waals surface area contributed by atoms with E-state index >= 15 is 0 Å². The van der Waals surface area contributed by atoms with Gasteiger partial charge >= 0.3 is 0 Å². The molecule has 2 aliphatic rings. The second kappa shape index (κ2) is 5.10. The van der Waals surface area contributed by atoms with Crippen LogP contribution in [0.5, 0.6) is 0 Å². The molecule has 1 saturated carbocycles. The molecule has 1 saturated heterocycles.